The van der Waals surface area contributed by atoms with Gasteiger partial charge in [-0.2, -0.15) is 0 Å². The Balaban J connectivity index is 1.67. The van der Waals surface area contributed by atoms with Crippen LogP contribution in [-0.4, -0.2) is 53.2 Å². The summed E-state index contributed by atoms with van der Waals surface area (Å²) in [4.78, 5) is 14.9. The van der Waals surface area contributed by atoms with Crippen LogP contribution in [-0.2, 0) is 11.2 Å². The molecule has 4 heteroatoms. The number of fused-ring (bicyclic) bond motifs is 2. The molecular weight excluding hydrogens is 302 g/mol. The van der Waals surface area contributed by atoms with Crippen molar-refractivity contribution < 1.29 is 15.0 Å². The predicted octanol–water partition coefficient (Wildman–Crippen LogP) is 1.64. The van der Waals surface area contributed by atoms with Crippen LogP contribution in [0.4, 0.5) is 0 Å². The van der Waals surface area contributed by atoms with Crippen molar-refractivity contribution in [3.8, 4) is 0 Å². The van der Waals surface area contributed by atoms with E-state index in [1.807, 2.05) is 18.2 Å². The average Bonchev–Trinajstić information content (AvgIpc) is 3.35. The van der Waals surface area contributed by atoms with Crippen LogP contribution >= 0.6 is 0 Å². The number of aliphatic hydroxyl groups excluding tert-OH is 2. The van der Waals surface area contributed by atoms with E-state index >= 15 is 0 Å². The highest BCUT2D eigenvalue weighted by Gasteiger charge is 2.60. The van der Waals surface area contributed by atoms with Gasteiger partial charge in [-0.25, -0.2) is 0 Å². The number of aliphatic hydroxyl groups is 2. The van der Waals surface area contributed by atoms with Gasteiger partial charge in [0.1, 0.15) is 5.78 Å². The minimum absolute atomic E-state index is 0.113. The zero-order valence-corrected chi connectivity index (χ0v) is 14.2. The second kappa shape index (κ2) is 5.94. The molecule has 4 nitrogen and oxygen atoms in total. The number of hydrogen-bond donors (Lipinski definition) is 2. The fourth-order valence-electron chi connectivity index (χ4n) is 5.13. The molecule has 1 aromatic carbocycles. The molecule has 1 aromatic rings. The number of carbonyl (C=O) groups is 1. The van der Waals surface area contributed by atoms with Crippen molar-refractivity contribution in [3.63, 3.8) is 0 Å². The fourth-order valence-corrected chi connectivity index (χ4v) is 5.13. The molecule has 3 atom stereocenters. The molecule has 0 amide bonds. The van der Waals surface area contributed by atoms with Crippen molar-refractivity contribution in [2.24, 2.45) is 16.7 Å². The summed E-state index contributed by atoms with van der Waals surface area (Å²) in [5.74, 6) is 0.956. The van der Waals surface area contributed by atoms with Gasteiger partial charge in [0, 0.05) is 43.3 Å². The van der Waals surface area contributed by atoms with Crippen LogP contribution in [0.2, 0.25) is 0 Å². The van der Waals surface area contributed by atoms with Gasteiger partial charge in [0.15, 0.2) is 0 Å². The second-order valence-corrected chi connectivity index (χ2v) is 8.45. The molecule has 3 aliphatic rings. The van der Waals surface area contributed by atoms with Gasteiger partial charge >= 0.3 is 0 Å². The van der Waals surface area contributed by atoms with Gasteiger partial charge in [-0.15, -0.1) is 0 Å². The SMILES string of the molecule is O=C1C[C@@]2(CO)CN(CC3CC3)C[C@@](Cc3ccccc3)(C1)C2O. The molecule has 3 fully saturated rings. The number of Topliss-reactive ketones (excluding diaryl/α,β-unsaturated/α-hetero) is 1. The zero-order valence-electron chi connectivity index (χ0n) is 14.2. The Hall–Kier alpha value is -1.23. The fraction of sp³-hybridized carbons (Fsp3) is 0.650. The van der Waals surface area contributed by atoms with E-state index in [0.29, 0.717) is 25.8 Å². The normalized spacial score (nSPS) is 36.8. The maximum Gasteiger partial charge on any atom is 0.134 e. The maximum absolute atomic E-state index is 12.5. The Bertz CT molecular complexity index is 615. The number of carbonyl (C=O) groups excluding carboxylic acids is 1. The van der Waals surface area contributed by atoms with Gasteiger partial charge < -0.3 is 15.1 Å². The highest BCUT2D eigenvalue weighted by atomic mass is 16.3. The number of rotatable bonds is 5. The lowest BCUT2D eigenvalue weighted by Crippen LogP contribution is -2.68. The van der Waals surface area contributed by atoms with E-state index in [4.69, 9.17) is 0 Å². The monoisotopic (exact) mass is 329 g/mol. The van der Waals surface area contributed by atoms with E-state index in [1.54, 1.807) is 0 Å². The van der Waals surface area contributed by atoms with Gasteiger partial charge in [0.25, 0.3) is 0 Å². The number of likely N-dealkylation sites (tertiary alicyclic amines) is 1. The summed E-state index contributed by atoms with van der Waals surface area (Å²) in [7, 11) is 0. The summed E-state index contributed by atoms with van der Waals surface area (Å²) >= 11 is 0. The molecule has 1 unspecified atom stereocenters. The molecule has 2 aliphatic carbocycles. The van der Waals surface area contributed by atoms with E-state index in [2.05, 4.69) is 17.0 Å². The Morgan fingerprint density at radius 2 is 1.75 bits per heavy atom. The number of benzene rings is 1. The summed E-state index contributed by atoms with van der Waals surface area (Å²) in [5.41, 5.74) is 0.00967. The Labute approximate surface area is 143 Å². The van der Waals surface area contributed by atoms with Crippen LogP contribution in [0, 0.1) is 16.7 Å². The predicted molar refractivity (Wildman–Crippen MR) is 91.5 cm³/mol. The summed E-state index contributed by atoms with van der Waals surface area (Å²) in [6.07, 6.45) is 3.38. The van der Waals surface area contributed by atoms with Crippen LogP contribution in [0.15, 0.2) is 30.3 Å². The molecule has 4 rings (SSSR count). The van der Waals surface area contributed by atoms with Crippen molar-refractivity contribution in [1.82, 2.24) is 4.90 Å². The van der Waals surface area contributed by atoms with E-state index in [9.17, 15) is 15.0 Å². The van der Waals surface area contributed by atoms with Gasteiger partial charge in [0.05, 0.1) is 12.7 Å². The van der Waals surface area contributed by atoms with Crippen molar-refractivity contribution in [1.29, 1.82) is 0 Å². The first-order chi connectivity index (χ1) is 11.6. The van der Waals surface area contributed by atoms with Crippen LogP contribution < -0.4 is 0 Å². The third-order valence-corrected chi connectivity index (χ3v) is 6.26. The highest BCUT2D eigenvalue weighted by Crippen LogP contribution is 2.51. The molecule has 1 heterocycles. The van der Waals surface area contributed by atoms with Gasteiger partial charge in [0.2, 0.25) is 0 Å². The summed E-state index contributed by atoms with van der Waals surface area (Å²) in [6, 6.07) is 10.1. The smallest absolute Gasteiger partial charge is 0.134 e. The van der Waals surface area contributed by atoms with E-state index in [-0.39, 0.29) is 12.4 Å². The minimum Gasteiger partial charge on any atom is -0.396 e. The van der Waals surface area contributed by atoms with Gasteiger partial charge in [-0.1, -0.05) is 30.3 Å². The molecule has 130 valence electrons. The van der Waals surface area contributed by atoms with Crippen LogP contribution in [0.5, 0.6) is 0 Å². The lowest BCUT2D eigenvalue weighted by atomic mass is 9.55. The molecule has 1 aliphatic heterocycles. The topological polar surface area (TPSA) is 60.8 Å². The van der Waals surface area contributed by atoms with E-state index in [1.165, 1.54) is 12.8 Å². The van der Waals surface area contributed by atoms with Crippen molar-refractivity contribution in [2.45, 2.75) is 38.2 Å². The first kappa shape index (κ1) is 16.2. The molecule has 1 saturated heterocycles. The maximum atomic E-state index is 12.5. The Morgan fingerprint density at radius 3 is 2.42 bits per heavy atom. The number of ketones is 1. The highest BCUT2D eigenvalue weighted by molar-refractivity contribution is 5.81. The quantitative estimate of drug-likeness (QED) is 0.862. The third kappa shape index (κ3) is 2.81. The van der Waals surface area contributed by atoms with Crippen LogP contribution in [0.1, 0.15) is 31.2 Å². The molecule has 0 radical (unpaired) electrons. The molecule has 2 bridgehead atoms. The lowest BCUT2D eigenvalue weighted by molar-refractivity contribution is -0.186. The van der Waals surface area contributed by atoms with E-state index in [0.717, 1.165) is 24.6 Å². The molecule has 2 N–H and O–H groups in total. The lowest BCUT2D eigenvalue weighted by Gasteiger charge is -2.58. The van der Waals surface area contributed by atoms with Crippen molar-refractivity contribution >= 4 is 5.78 Å². The summed E-state index contributed by atoms with van der Waals surface area (Å²) in [6.45, 7) is 2.33. The van der Waals surface area contributed by atoms with Gasteiger partial charge in [-0.05, 0) is 30.7 Å². The summed E-state index contributed by atoms with van der Waals surface area (Å²) < 4.78 is 0. The first-order valence-electron chi connectivity index (χ1n) is 9.12. The second-order valence-electron chi connectivity index (χ2n) is 8.45. The van der Waals surface area contributed by atoms with Crippen molar-refractivity contribution in [2.75, 3.05) is 26.2 Å². The Morgan fingerprint density at radius 1 is 1.08 bits per heavy atom. The molecule has 2 saturated carbocycles. The Kier molecular flexibility index (Phi) is 4.02. The molecular formula is C20H27NO3. The number of hydrogen-bond acceptors (Lipinski definition) is 4. The molecule has 0 spiro atoms. The van der Waals surface area contributed by atoms with E-state index < -0.39 is 16.9 Å². The molecule has 24 heavy (non-hydrogen) atoms. The third-order valence-electron chi connectivity index (χ3n) is 6.26. The number of nitrogens with zero attached hydrogens (tertiary/aromatic N) is 1. The van der Waals surface area contributed by atoms with Crippen LogP contribution in [0.25, 0.3) is 0 Å². The molecule has 0 aromatic heterocycles. The average molecular weight is 329 g/mol. The minimum atomic E-state index is -0.683. The summed E-state index contributed by atoms with van der Waals surface area (Å²) in [5, 5.41) is 21.3. The van der Waals surface area contributed by atoms with Crippen molar-refractivity contribution in [3.05, 3.63) is 35.9 Å². The largest absolute Gasteiger partial charge is 0.396 e. The zero-order chi connectivity index (χ0) is 16.8. The number of piperidine rings is 1. The van der Waals surface area contributed by atoms with Gasteiger partial charge in [-0.3, -0.25) is 4.79 Å². The standard InChI is InChI=1S/C20H27NO3/c22-14-20-10-17(23)9-19(18(20)24,8-15-4-2-1-3-5-15)12-21(13-20)11-16-6-7-16/h1-5,16,18,22,24H,6-14H2/t18?,19-,20+/m1/s1. The first-order valence-corrected chi connectivity index (χ1v) is 9.12. The van der Waals surface area contributed by atoms with Crippen LogP contribution in [0.3, 0.4) is 0 Å².